The van der Waals surface area contributed by atoms with Crippen LogP contribution in [0.15, 0.2) is 48.5 Å². The smallest absolute Gasteiger partial charge is 0.339 e. The molecule has 1 unspecified atom stereocenters. The Morgan fingerprint density at radius 3 is 2.44 bits per heavy atom. The highest BCUT2D eigenvalue weighted by atomic mass is 35.5. The summed E-state index contributed by atoms with van der Waals surface area (Å²) in [7, 11) is 0. The second-order valence-electron chi connectivity index (χ2n) is 6.97. The predicted molar refractivity (Wildman–Crippen MR) is 108 cm³/mol. The molecular formula is C21H25ClN2O3. The molecule has 0 amide bonds. The predicted octanol–water partition coefficient (Wildman–Crippen LogP) is 3.63. The van der Waals surface area contributed by atoms with E-state index in [9.17, 15) is 9.90 Å². The molecule has 5 nitrogen and oxygen atoms in total. The van der Waals surface area contributed by atoms with Crippen molar-refractivity contribution in [2.45, 2.75) is 18.9 Å². The van der Waals surface area contributed by atoms with Crippen LogP contribution in [0.3, 0.4) is 0 Å². The van der Waals surface area contributed by atoms with Crippen LogP contribution in [0.1, 0.15) is 34.9 Å². The standard InChI is InChI=1S/C21H24N2O3.ClH/c24-17-9-7-16(8-10-17)23-14-12-22(13-15-23)11-3-6-20-18-4-1-2-5-19(18)21(25)26-20;/h1-2,4-5,7-10,20,24H,3,6,11-15H2;1H. The molecule has 0 aromatic heterocycles. The minimum absolute atomic E-state index is 0. The van der Waals surface area contributed by atoms with E-state index >= 15 is 0 Å². The number of phenols is 1. The molecule has 0 aliphatic carbocycles. The summed E-state index contributed by atoms with van der Waals surface area (Å²) in [6, 6.07) is 15.1. The molecule has 2 aromatic rings. The quantitative estimate of drug-likeness (QED) is 0.793. The molecule has 2 heterocycles. The fraction of sp³-hybridized carbons (Fsp3) is 0.381. The Morgan fingerprint density at radius 1 is 1.00 bits per heavy atom. The van der Waals surface area contributed by atoms with Gasteiger partial charge in [0.05, 0.1) is 5.56 Å². The van der Waals surface area contributed by atoms with Crippen LogP contribution >= 0.6 is 12.4 Å². The molecule has 0 bridgehead atoms. The number of cyclic esters (lactones) is 1. The molecule has 2 aliphatic rings. The second kappa shape index (κ2) is 8.63. The van der Waals surface area contributed by atoms with Gasteiger partial charge in [-0.2, -0.15) is 0 Å². The van der Waals surface area contributed by atoms with Gasteiger partial charge in [-0.3, -0.25) is 4.90 Å². The lowest BCUT2D eigenvalue weighted by molar-refractivity contribution is 0.0358. The minimum atomic E-state index is -0.187. The van der Waals surface area contributed by atoms with Crippen molar-refractivity contribution in [2.24, 2.45) is 0 Å². The summed E-state index contributed by atoms with van der Waals surface area (Å²) < 4.78 is 5.52. The number of fused-ring (bicyclic) bond motifs is 1. The normalized spacial score (nSPS) is 19.3. The Morgan fingerprint density at radius 2 is 1.70 bits per heavy atom. The van der Waals surface area contributed by atoms with E-state index in [1.54, 1.807) is 12.1 Å². The fourth-order valence-electron chi connectivity index (χ4n) is 3.83. The molecule has 0 radical (unpaired) electrons. The van der Waals surface area contributed by atoms with Gasteiger partial charge in [-0.25, -0.2) is 4.79 Å². The van der Waals surface area contributed by atoms with Crippen LogP contribution < -0.4 is 4.90 Å². The van der Waals surface area contributed by atoms with Gasteiger partial charge < -0.3 is 14.7 Å². The number of esters is 1. The van der Waals surface area contributed by atoms with Gasteiger partial charge in [-0.05, 0) is 49.7 Å². The lowest BCUT2D eigenvalue weighted by atomic mass is 10.0. The molecule has 1 atom stereocenters. The zero-order chi connectivity index (χ0) is 17.9. The Labute approximate surface area is 166 Å². The summed E-state index contributed by atoms with van der Waals surface area (Å²) in [5, 5.41) is 9.40. The van der Waals surface area contributed by atoms with Crippen molar-refractivity contribution in [1.82, 2.24) is 4.90 Å². The molecule has 1 N–H and O–H groups in total. The fourth-order valence-corrected chi connectivity index (χ4v) is 3.83. The molecule has 1 saturated heterocycles. The summed E-state index contributed by atoms with van der Waals surface area (Å²) in [5.41, 5.74) is 2.92. The number of nitrogens with zero attached hydrogens (tertiary/aromatic N) is 2. The largest absolute Gasteiger partial charge is 0.508 e. The van der Waals surface area contributed by atoms with Gasteiger partial charge in [0.25, 0.3) is 0 Å². The summed E-state index contributed by atoms with van der Waals surface area (Å²) in [4.78, 5) is 16.7. The Bertz CT molecular complexity index is 773. The van der Waals surface area contributed by atoms with E-state index in [4.69, 9.17) is 4.74 Å². The number of ether oxygens (including phenoxy) is 1. The van der Waals surface area contributed by atoms with Crippen LogP contribution in [0.5, 0.6) is 5.75 Å². The molecule has 1 fully saturated rings. The summed E-state index contributed by atoms with van der Waals surface area (Å²) in [6.07, 6.45) is 1.81. The van der Waals surface area contributed by atoms with Crippen molar-refractivity contribution in [3.63, 3.8) is 0 Å². The Kier molecular flexibility index (Phi) is 6.24. The maximum absolute atomic E-state index is 11.9. The van der Waals surface area contributed by atoms with Gasteiger partial charge in [-0.15, -0.1) is 12.4 Å². The number of hydrogen-bond donors (Lipinski definition) is 1. The minimum Gasteiger partial charge on any atom is -0.508 e. The molecule has 0 saturated carbocycles. The van der Waals surface area contributed by atoms with Gasteiger partial charge in [0, 0.05) is 37.4 Å². The van der Waals surface area contributed by atoms with E-state index in [2.05, 4.69) is 9.80 Å². The molecule has 144 valence electrons. The lowest BCUT2D eigenvalue weighted by Crippen LogP contribution is -2.46. The summed E-state index contributed by atoms with van der Waals surface area (Å²) in [6.45, 7) is 5.07. The Balaban J connectivity index is 0.00000210. The van der Waals surface area contributed by atoms with Gasteiger partial charge >= 0.3 is 5.97 Å². The van der Waals surface area contributed by atoms with Crippen LogP contribution in [0, 0.1) is 0 Å². The van der Waals surface area contributed by atoms with Crippen LogP contribution in [0.2, 0.25) is 0 Å². The number of anilines is 1. The topological polar surface area (TPSA) is 53.0 Å². The van der Waals surface area contributed by atoms with Crippen molar-refractivity contribution >= 4 is 24.1 Å². The number of aromatic hydroxyl groups is 1. The molecule has 6 heteroatoms. The molecule has 0 spiro atoms. The number of phenolic OH excluding ortho intramolecular Hbond substituents is 1. The molecule has 2 aliphatic heterocycles. The van der Waals surface area contributed by atoms with Crippen LogP contribution in [-0.4, -0.2) is 48.7 Å². The third kappa shape index (κ3) is 4.37. The average molecular weight is 389 g/mol. The highest BCUT2D eigenvalue weighted by Gasteiger charge is 2.30. The van der Waals surface area contributed by atoms with Crippen LogP contribution in [0.25, 0.3) is 0 Å². The van der Waals surface area contributed by atoms with E-state index in [0.29, 0.717) is 5.75 Å². The van der Waals surface area contributed by atoms with Crippen LogP contribution in [0.4, 0.5) is 5.69 Å². The van der Waals surface area contributed by atoms with Gasteiger partial charge in [-0.1, -0.05) is 18.2 Å². The van der Waals surface area contributed by atoms with Crippen molar-refractivity contribution < 1.29 is 14.6 Å². The highest BCUT2D eigenvalue weighted by Crippen LogP contribution is 2.33. The first-order chi connectivity index (χ1) is 12.7. The maximum atomic E-state index is 11.9. The Hall–Kier alpha value is -2.24. The first-order valence-corrected chi connectivity index (χ1v) is 9.27. The average Bonchev–Trinajstić information content (AvgIpc) is 2.99. The number of piperazine rings is 1. The number of halogens is 1. The number of carbonyl (C=O) groups is 1. The van der Waals surface area contributed by atoms with Crippen LogP contribution in [-0.2, 0) is 4.74 Å². The summed E-state index contributed by atoms with van der Waals surface area (Å²) >= 11 is 0. The second-order valence-corrected chi connectivity index (χ2v) is 6.97. The monoisotopic (exact) mass is 388 g/mol. The SMILES string of the molecule is Cl.O=C1OC(CCCN2CCN(c3ccc(O)cc3)CC2)c2ccccc21. The number of carbonyl (C=O) groups excluding carboxylic acids is 1. The molecule has 4 rings (SSSR count). The zero-order valence-electron chi connectivity index (χ0n) is 15.2. The third-order valence-electron chi connectivity index (χ3n) is 5.30. The lowest BCUT2D eigenvalue weighted by Gasteiger charge is -2.36. The molecular weight excluding hydrogens is 364 g/mol. The maximum Gasteiger partial charge on any atom is 0.339 e. The van der Waals surface area contributed by atoms with Crippen molar-refractivity contribution in [3.8, 4) is 5.75 Å². The van der Waals surface area contributed by atoms with Gasteiger partial charge in [0.15, 0.2) is 0 Å². The van der Waals surface area contributed by atoms with E-state index in [-0.39, 0.29) is 24.5 Å². The van der Waals surface area contributed by atoms with E-state index in [1.165, 1.54) is 0 Å². The van der Waals surface area contributed by atoms with E-state index < -0.39 is 0 Å². The first-order valence-electron chi connectivity index (χ1n) is 9.27. The number of rotatable bonds is 5. The molecule has 2 aromatic carbocycles. The zero-order valence-corrected chi connectivity index (χ0v) is 16.0. The molecule has 27 heavy (non-hydrogen) atoms. The van der Waals surface area contributed by atoms with Crippen molar-refractivity contribution in [2.75, 3.05) is 37.6 Å². The van der Waals surface area contributed by atoms with E-state index in [1.807, 2.05) is 36.4 Å². The highest BCUT2D eigenvalue weighted by molar-refractivity contribution is 5.93. The number of benzene rings is 2. The number of hydrogen-bond acceptors (Lipinski definition) is 5. The van der Waals surface area contributed by atoms with Gasteiger partial charge in [0.1, 0.15) is 11.9 Å². The van der Waals surface area contributed by atoms with Crippen molar-refractivity contribution in [3.05, 3.63) is 59.7 Å². The van der Waals surface area contributed by atoms with Gasteiger partial charge in [0.2, 0.25) is 0 Å². The third-order valence-corrected chi connectivity index (χ3v) is 5.30. The van der Waals surface area contributed by atoms with E-state index in [0.717, 1.165) is 62.4 Å². The van der Waals surface area contributed by atoms with Crippen molar-refractivity contribution in [1.29, 1.82) is 0 Å². The first kappa shape index (κ1) is 19.5. The summed E-state index contributed by atoms with van der Waals surface area (Å²) in [5.74, 6) is 0.120.